The van der Waals surface area contributed by atoms with Crippen molar-refractivity contribution in [2.45, 2.75) is 25.3 Å². The SMILES string of the molecule is CC(CCN)c1nc(C2CSCCN2C)no1. The molecule has 2 heterocycles. The fourth-order valence-corrected chi connectivity index (χ4v) is 3.13. The first-order chi connectivity index (χ1) is 8.22. The van der Waals surface area contributed by atoms with Crippen LogP contribution < -0.4 is 5.73 Å². The van der Waals surface area contributed by atoms with Crippen LogP contribution in [-0.2, 0) is 0 Å². The van der Waals surface area contributed by atoms with Crippen molar-refractivity contribution in [2.75, 3.05) is 31.6 Å². The molecule has 0 aromatic carbocycles. The highest BCUT2D eigenvalue weighted by Gasteiger charge is 2.26. The summed E-state index contributed by atoms with van der Waals surface area (Å²) in [5.41, 5.74) is 5.54. The summed E-state index contributed by atoms with van der Waals surface area (Å²) in [6.07, 6.45) is 0.886. The van der Waals surface area contributed by atoms with Crippen molar-refractivity contribution in [3.63, 3.8) is 0 Å². The molecule has 0 aliphatic carbocycles. The summed E-state index contributed by atoms with van der Waals surface area (Å²) in [5, 5.41) is 4.11. The van der Waals surface area contributed by atoms with Crippen LogP contribution in [0.25, 0.3) is 0 Å². The van der Waals surface area contributed by atoms with Gasteiger partial charge in [-0.2, -0.15) is 16.7 Å². The molecule has 2 N–H and O–H groups in total. The van der Waals surface area contributed by atoms with E-state index in [9.17, 15) is 0 Å². The Morgan fingerprint density at radius 1 is 1.65 bits per heavy atom. The number of hydrogen-bond donors (Lipinski definition) is 1. The van der Waals surface area contributed by atoms with E-state index in [0.29, 0.717) is 6.54 Å². The molecule has 6 heteroatoms. The number of thioether (sulfide) groups is 1. The van der Waals surface area contributed by atoms with Crippen molar-refractivity contribution < 1.29 is 4.52 Å². The summed E-state index contributed by atoms with van der Waals surface area (Å²) in [7, 11) is 2.11. The Morgan fingerprint density at radius 3 is 3.18 bits per heavy atom. The third kappa shape index (κ3) is 3.00. The third-order valence-electron chi connectivity index (χ3n) is 3.17. The first-order valence-electron chi connectivity index (χ1n) is 6.04. The highest BCUT2D eigenvalue weighted by molar-refractivity contribution is 7.99. The van der Waals surface area contributed by atoms with Gasteiger partial charge in [0, 0.05) is 24.0 Å². The van der Waals surface area contributed by atoms with Crippen LogP contribution in [0.4, 0.5) is 0 Å². The van der Waals surface area contributed by atoms with Crippen LogP contribution >= 0.6 is 11.8 Å². The second-order valence-corrected chi connectivity index (χ2v) is 5.69. The van der Waals surface area contributed by atoms with Crippen LogP contribution in [0.2, 0.25) is 0 Å². The minimum Gasteiger partial charge on any atom is -0.339 e. The molecule has 1 saturated heterocycles. The molecule has 0 spiro atoms. The van der Waals surface area contributed by atoms with Crippen LogP contribution in [0.15, 0.2) is 4.52 Å². The minimum atomic E-state index is 0.253. The van der Waals surface area contributed by atoms with E-state index in [2.05, 4.69) is 29.0 Å². The van der Waals surface area contributed by atoms with Crippen molar-refractivity contribution >= 4 is 11.8 Å². The van der Waals surface area contributed by atoms with E-state index >= 15 is 0 Å². The summed E-state index contributed by atoms with van der Waals surface area (Å²) in [6, 6.07) is 0.288. The van der Waals surface area contributed by atoms with Crippen molar-refractivity contribution in [2.24, 2.45) is 5.73 Å². The molecule has 0 bridgehead atoms. The van der Waals surface area contributed by atoms with Gasteiger partial charge in [0.05, 0.1) is 6.04 Å². The summed E-state index contributed by atoms with van der Waals surface area (Å²) in [6.45, 7) is 3.80. The Labute approximate surface area is 106 Å². The Kier molecular flexibility index (Phi) is 4.42. The normalized spacial score (nSPS) is 23.8. The van der Waals surface area contributed by atoms with E-state index in [-0.39, 0.29) is 12.0 Å². The maximum Gasteiger partial charge on any atom is 0.229 e. The van der Waals surface area contributed by atoms with Crippen molar-refractivity contribution in [1.29, 1.82) is 0 Å². The maximum absolute atomic E-state index is 5.54. The molecular weight excluding hydrogens is 236 g/mol. The van der Waals surface area contributed by atoms with E-state index < -0.39 is 0 Å². The summed E-state index contributed by atoms with van der Waals surface area (Å²) < 4.78 is 5.33. The second-order valence-electron chi connectivity index (χ2n) is 4.54. The maximum atomic E-state index is 5.54. The summed E-state index contributed by atoms with van der Waals surface area (Å²) in [5.74, 6) is 4.01. The quantitative estimate of drug-likeness (QED) is 0.874. The molecule has 2 unspecified atom stereocenters. The average Bonchev–Trinajstić information content (AvgIpc) is 2.79. The smallest absolute Gasteiger partial charge is 0.229 e. The van der Waals surface area contributed by atoms with Crippen molar-refractivity contribution in [3.05, 3.63) is 11.7 Å². The van der Waals surface area contributed by atoms with Gasteiger partial charge < -0.3 is 10.3 Å². The molecule has 0 amide bonds. The summed E-state index contributed by atoms with van der Waals surface area (Å²) >= 11 is 1.95. The van der Waals surface area contributed by atoms with Crippen LogP contribution in [0.3, 0.4) is 0 Å². The number of nitrogens with zero attached hydrogens (tertiary/aromatic N) is 3. The molecule has 1 aromatic rings. The standard InChI is InChI=1S/C11H20N4OS/c1-8(3-4-12)11-13-10(14-16-11)9-7-17-6-5-15(9)2/h8-9H,3-7,12H2,1-2H3. The fraction of sp³-hybridized carbons (Fsp3) is 0.818. The van der Waals surface area contributed by atoms with Crippen LogP contribution in [0, 0.1) is 0 Å². The van der Waals surface area contributed by atoms with Crippen LogP contribution in [0.1, 0.15) is 37.0 Å². The number of rotatable bonds is 4. The van der Waals surface area contributed by atoms with Gasteiger partial charge >= 0.3 is 0 Å². The van der Waals surface area contributed by atoms with Gasteiger partial charge in [-0.15, -0.1) is 0 Å². The topological polar surface area (TPSA) is 68.2 Å². The van der Waals surface area contributed by atoms with Gasteiger partial charge in [0.2, 0.25) is 5.89 Å². The fourth-order valence-electron chi connectivity index (χ4n) is 1.91. The van der Waals surface area contributed by atoms with Crippen LogP contribution in [-0.4, -0.2) is 46.7 Å². The lowest BCUT2D eigenvalue weighted by atomic mass is 10.1. The van der Waals surface area contributed by atoms with Gasteiger partial charge in [0.15, 0.2) is 5.82 Å². The number of nitrogens with two attached hydrogens (primary N) is 1. The zero-order valence-corrected chi connectivity index (χ0v) is 11.2. The molecule has 1 aromatic heterocycles. The Hall–Kier alpha value is -0.590. The monoisotopic (exact) mass is 256 g/mol. The van der Waals surface area contributed by atoms with Crippen molar-refractivity contribution in [1.82, 2.24) is 15.0 Å². The predicted octanol–water partition coefficient (Wildman–Crippen LogP) is 1.24. The molecule has 0 saturated carbocycles. The largest absolute Gasteiger partial charge is 0.339 e. The Bertz CT molecular complexity index is 357. The molecular formula is C11H20N4OS. The number of hydrogen-bond acceptors (Lipinski definition) is 6. The van der Waals surface area contributed by atoms with Gasteiger partial charge in [-0.25, -0.2) is 0 Å². The zero-order chi connectivity index (χ0) is 12.3. The molecule has 1 fully saturated rings. The molecule has 1 aliphatic heterocycles. The molecule has 1 aliphatic rings. The average molecular weight is 256 g/mol. The lowest BCUT2D eigenvalue weighted by Crippen LogP contribution is -2.33. The van der Waals surface area contributed by atoms with Crippen molar-refractivity contribution in [3.8, 4) is 0 Å². The molecule has 2 rings (SSSR count). The van der Waals surface area contributed by atoms with Gasteiger partial charge in [-0.05, 0) is 20.0 Å². The van der Waals surface area contributed by atoms with Gasteiger partial charge in [0.25, 0.3) is 0 Å². The van der Waals surface area contributed by atoms with E-state index in [0.717, 1.165) is 30.4 Å². The highest BCUT2D eigenvalue weighted by atomic mass is 32.2. The van der Waals surface area contributed by atoms with E-state index in [1.54, 1.807) is 0 Å². The van der Waals surface area contributed by atoms with Gasteiger partial charge in [0.1, 0.15) is 0 Å². The molecule has 5 nitrogen and oxygen atoms in total. The molecule has 0 radical (unpaired) electrons. The van der Waals surface area contributed by atoms with Gasteiger partial charge in [-0.3, -0.25) is 4.90 Å². The minimum absolute atomic E-state index is 0.253. The number of aromatic nitrogens is 2. The lowest BCUT2D eigenvalue weighted by molar-refractivity contribution is 0.256. The highest BCUT2D eigenvalue weighted by Crippen LogP contribution is 2.27. The Balaban J connectivity index is 2.06. The third-order valence-corrected chi connectivity index (χ3v) is 4.20. The van der Waals surface area contributed by atoms with Gasteiger partial charge in [-0.1, -0.05) is 12.1 Å². The first kappa shape index (κ1) is 12.9. The first-order valence-corrected chi connectivity index (χ1v) is 7.19. The van der Waals surface area contributed by atoms with E-state index in [4.69, 9.17) is 10.3 Å². The predicted molar refractivity (Wildman–Crippen MR) is 69.1 cm³/mol. The van der Waals surface area contributed by atoms with E-state index in [1.165, 1.54) is 5.75 Å². The molecule has 96 valence electrons. The Morgan fingerprint density at radius 2 is 2.47 bits per heavy atom. The summed E-state index contributed by atoms with van der Waals surface area (Å²) in [4.78, 5) is 6.80. The molecule has 17 heavy (non-hydrogen) atoms. The van der Waals surface area contributed by atoms with E-state index in [1.807, 2.05) is 11.8 Å². The zero-order valence-electron chi connectivity index (χ0n) is 10.4. The second kappa shape index (κ2) is 5.84. The lowest BCUT2D eigenvalue weighted by Gasteiger charge is -2.29. The molecule has 2 atom stereocenters. The van der Waals surface area contributed by atoms with Crippen LogP contribution in [0.5, 0.6) is 0 Å².